The van der Waals surface area contributed by atoms with Crippen molar-refractivity contribution in [2.45, 2.75) is 37.6 Å². The molecule has 0 unspecified atom stereocenters. The summed E-state index contributed by atoms with van der Waals surface area (Å²) in [7, 11) is -2.16. The number of methoxy groups -OCH3 is 1. The van der Waals surface area contributed by atoms with Crippen molar-refractivity contribution in [3.63, 3.8) is 0 Å². The summed E-state index contributed by atoms with van der Waals surface area (Å²) < 4.78 is 32.3. The summed E-state index contributed by atoms with van der Waals surface area (Å²) in [4.78, 5) is 11.0. The molecule has 8 nitrogen and oxygen atoms in total. The molecule has 3 rings (SSSR count). The monoisotopic (exact) mass is 419 g/mol. The van der Waals surface area contributed by atoms with E-state index in [4.69, 9.17) is 4.74 Å². The van der Waals surface area contributed by atoms with Crippen LogP contribution in [0.2, 0.25) is 0 Å². The quantitative estimate of drug-likeness (QED) is 0.540. The van der Waals surface area contributed by atoms with E-state index in [1.165, 1.54) is 16.4 Å². The Morgan fingerprint density at radius 1 is 1.17 bits per heavy atom. The summed E-state index contributed by atoms with van der Waals surface area (Å²) in [5, 5.41) is 14.8. The Labute approximate surface area is 170 Å². The van der Waals surface area contributed by atoms with Crippen LogP contribution in [0.1, 0.15) is 36.9 Å². The number of anilines is 1. The average Bonchev–Trinajstić information content (AvgIpc) is 3.23. The number of aryl methyl sites for hydroxylation is 1. The lowest BCUT2D eigenvalue weighted by Crippen LogP contribution is -2.27. The molecule has 1 heterocycles. The zero-order chi connectivity index (χ0) is 21.2. The SMILES string of the molecule is COc1ccc(C)cc1[C@H](C)Nc1ccc(S(=O)(=O)N2CCCC2)cc1[N+](=O)[O-]. The second-order valence-corrected chi connectivity index (χ2v) is 9.10. The molecule has 0 amide bonds. The normalized spacial score (nSPS) is 15.8. The molecule has 156 valence electrons. The number of hydrogen-bond donors (Lipinski definition) is 1. The van der Waals surface area contributed by atoms with Crippen molar-refractivity contribution in [2.75, 3.05) is 25.5 Å². The van der Waals surface area contributed by atoms with Gasteiger partial charge < -0.3 is 10.1 Å². The highest BCUT2D eigenvalue weighted by molar-refractivity contribution is 7.89. The molecule has 1 fully saturated rings. The van der Waals surface area contributed by atoms with Crippen LogP contribution >= 0.6 is 0 Å². The Morgan fingerprint density at radius 2 is 1.86 bits per heavy atom. The molecule has 1 aliphatic heterocycles. The van der Waals surface area contributed by atoms with Gasteiger partial charge in [0.25, 0.3) is 5.69 Å². The molecular weight excluding hydrogens is 394 g/mol. The number of ether oxygens (including phenoxy) is 1. The molecule has 2 aromatic rings. The molecule has 0 radical (unpaired) electrons. The van der Waals surface area contributed by atoms with Gasteiger partial charge in [0.15, 0.2) is 0 Å². The third-order valence-electron chi connectivity index (χ3n) is 5.09. The molecule has 2 aromatic carbocycles. The number of hydrogen-bond acceptors (Lipinski definition) is 6. The zero-order valence-electron chi connectivity index (χ0n) is 16.7. The Morgan fingerprint density at radius 3 is 2.48 bits per heavy atom. The minimum atomic E-state index is -3.73. The van der Waals surface area contributed by atoms with Crippen molar-refractivity contribution in [1.29, 1.82) is 0 Å². The molecular formula is C20H25N3O5S. The van der Waals surface area contributed by atoms with E-state index in [9.17, 15) is 18.5 Å². The number of nitrogens with zero attached hydrogens (tertiary/aromatic N) is 2. The second-order valence-electron chi connectivity index (χ2n) is 7.16. The third-order valence-corrected chi connectivity index (χ3v) is 6.99. The highest BCUT2D eigenvalue weighted by Gasteiger charge is 2.29. The van der Waals surface area contributed by atoms with Gasteiger partial charge in [-0.25, -0.2) is 8.42 Å². The first-order valence-electron chi connectivity index (χ1n) is 9.43. The molecule has 1 saturated heterocycles. The second kappa shape index (κ2) is 8.38. The lowest BCUT2D eigenvalue weighted by Gasteiger charge is -2.20. The summed E-state index contributed by atoms with van der Waals surface area (Å²) in [6.07, 6.45) is 1.60. The first-order chi connectivity index (χ1) is 13.7. The number of nitro groups is 1. The van der Waals surface area contributed by atoms with Crippen LogP contribution in [0.15, 0.2) is 41.3 Å². The van der Waals surface area contributed by atoms with E-state index < -0.39 is 14.9 Å². The Kier molecular flexibility index (Phi) is 6.09. The van der Waals surface area contributed by atoms with Crippen LogP contribution in [0, 0.1) is 17.0 Å². The van der Waals surface area contributed by atoms with Gasteiger partial charge in [-0.05, 0) is 44.9 Å². The van der Waals surface area contributed by atoms with Crippen LogP contribution in [0.5, 0.6) is 5.75 Å². The van der Waals surface area contributed by atoms with Crippen LogP contribution in [-0.4, -0.2) is 37.8 Å². The van der Waals surface area contributed by atoms with E-state index >= 15 is 0 Å². The minimum absolute atomic E-state index is 0.0579. The van der Waals surface area contributed by atoms with Crippen molar-refractivity contribution in [3.05, 3.63) is 57.6 Å². The highest BCUT2D eigenvalue weighted by Crippen LogP contribution is 2.34. The number of benzene rings is 2. The summed E-state index contributed by atoms with van der Waals surface area (Å²) in [6, 6.07) is 9.45. The van der Waals surface area contributed by atoms with Gasteiger partial charge in [0.05, 0.1) is 23.0 Å². The molecule has 9 heteroatoms. The van der Waals surface area contributed by atoms with Crippen molar-refractivity contribution < 1.29 is 18.1 Å². The molecule has 0 saturated carbocycles. The van der Waals surface area contributed by atoms with Crippen LogP contribution < -0.4 is 10.1 Å². The Bertz CT molecular complexity index is 1020. The molecule has 0 aromatic heterocycles. The summed E-state index contributed by atoms with van der Waals surface area (Å²) in [5.41, 5.74) is 1.88. The predicted octanol–water partition coefficient (Wildman–Crippen LogP) is 3.87. The first kappa shape index (κ1) is 21.1. The molecule has 0 bridgehead atoms. The van der Waals surface area contributed by atoms with Crippen molar-refractivity contribution in [1.82, 2.24) is 4.31 Å². The molecule has 1 N–H and O–H groups in total. The first-order valence-corrected chi connectivity index (χ1v) is 10.9. The lowest BCUT2D eigenvalue weighted by atomic mass is 10.0. The van der Waals surface area contributed by atoms with E-state index in [-0.39, 0.29) is 22.3 Å². The minimum Gasteiger partial charge on any atom is -0.496 e. The van der Waals surface area contributed by atoms with Gasteiger partial charge in [0, 0.05) is 24.7 Å². The smallest absolute Gasteiger partial charge is 0.293 e. The van der Waals surface area contributed by atoms with Gasteiger partial charge in [-0.15, -0.1) is 0 Å². The maximum absolute atomic E-state index is 12.8. The van der Waals surface area contributed by atoms with Gasteiger partial charge in [0.2, 0.25) is 10.0 Å². The van der Waals surface area contributed by atoms with Crippen LogP contribution in [0.3, 0.4) is 0 Å². The predicted molar refractivity (Wildman–Crippen MR) is 111 cm³/mol. The number of rotatable bonds is 7. The fraction of sp³-hybridized carbons (Fsp3) is 0.400. The Balaban J connectivity index is 1.94. The molecule has 29 heavy (non-hydrogen) atoms. The van der Waals surface area contributed by atoms with Gasteiger partial charge in [0.1, 0.15) is 11.4 Å². The van der Waals surface area contributed by atoms with Gasteiger partial charge >= 0.3 is 0 Å². The van der Waals surface area contributed by atoms with Crippen LogP contribution in [0.25, 0.3) is 0 Å². The molecule has 1 aliphatic rings. The van der Waals surface area contributed by atoms with Gasteiger partial charge in [-0.3, -0.25) is 10.1 Å². The largest absolute Gasteiger partial charge is 0.496 e. The highest BCUT2D eigenvalue weighted by atomic mass is 32.2. The third kappa shape index (κ3) is 4.35. The van der Waals surface area contributed by atoms with E-state index in [1.54, 1.807) is 7.11 Å². The number of nitrogens with one attached hydrogen (secondary N) is 1. The van der Waals surface area contributed by atoms with Crippen molar-refractivity contribution >= 4 is 21.4 Å². The molecule has 1 atom stereocenters. The summed E-state index contributed by atoms with van der Waals surface area (Å²) in [5.74, 6) is 0.673. The average molecular weight is 420 g/mol. The van der Waals surface area contributed by atoms with Crippen LogP contribution in [-0.2, 0) is 10.0 Å². The van der Waals surface area contributed by atoms with E-state index in [0.29, 0.717) is 18.8 Å². The van der Waals surface area contributed by atoms with E-state index in [1.807, 2.05) is 32.0 Å². The maximum atomic E-state index is 12.8. The van der Waals surface area contributed by atoms with E-state index in [0.717, 1.165) is 30.0 Å². The van der Waals surface area contributed by atoms with Crippen molar-refractivity contribution in [2.24, 2.45) is 0 Å². The molecule has 0 spiro atoms. The topological polar surface area (TPSA) is 102 Å². The number of nitro benzene ring substituents is 1. The fourth-order valence-corrected chi connectivity index (χ4v) is 5.06. The zero-order valence-corrected chi connectivity index (χ0v) is 17.5. The lowest BCUT2D eigenvalue weighted by molar-refractivity contribution is -0.384. The Hall–Kier alpha value is -2.65. The maximum Gasteiger partial charge on any atom is 0.293 e. The summed E-state index contributed by atoms with van der Waals surface area (Å²) >= 11 is 0. The van der Waals surface area contributed by atoms with Gasteiger partial charge in [-0.2, -0.15) is 4.31 Å². The fourth-order valence-electron chi connectivity index (χ4n) is 3.53. The van der Waals surface area contributed by atoms with Gasteiger partial charge in [-0.1, -0.05) is 17.7 Å². The van der Waals surface area contributed by atoms with Crippen LogP contribution in [0.4, 0.5) is 11.4 Å². The van der Waals surface area contributed by atoms with Crippen molar-refractivity contribution in [3.8, 4) is 5.75 Å². The standard InChI is InChI=1S/C20H25N3O5S/c1-14-6-9-20(28-3)17(12-14)15(2)21-18-8-7-16(13-19(18)23(24)25)29(26,27)22-10-4-5-11-22/h6-9,12-13,15,21H,4-5,10-11H2,1-3H3/t15-/m0/s1. The summed E-state index contributed by atoms with van der Waals surface area (Å²) in [6.45, 7) is 4.71. The van der Waals surface area contributed by atoms with E-state index in [2.05, 4.69) is 5.32 Å². The number of sulfonamides is 1. The molecule has 0 aliphatic carbocycles.